The van der Waals surface area contributed by atoms with E-state index in [1.807, 2.05) is 0 Å². The molecule has 10 nitrogen and oxygen atoms in total. The molecule has 0 saturated carbocycles. The van der Waals surface area contributed by atoms with Gasteiger partial charge < -0.3 is 20.1 Å². The zero-order valence-electron chi connectivity index (χ0n) is 19.0. The van der Waals surface area contributed by atoms with Gasteiger partial charge in [-0.1, -0.05) is 13.8 Å². The van der Waals surface area contributed by atoms with Gasteiger partial charge in [0, 0.05) is 6.54 Å². The van der Waals surface area contributed by atoms with Crippen LogP contribution in [0.4, 0.5) is 4.79 Å². The Balaban J connectivity index is 2.70. The maximum absolute atomic E-state index is 12.7. The Labute approximate surface area is 178 Å². The van der Waals surface area contributed by atoms with E-state index in [0.29, 0.717) is 19.4 Å². The highest BCUT2D eigenvalue weighted by Gasteiger charge is 2.33. The van der Waals surface area contributed by atoms with E-state index in [1.54, 1.807) is 48.5 Å². The van der Waals surface area contributed by atoms with Crippen LogP contribution in [0.3, 0.4) is 0 Å². The van der Waals surface area contributed by atoms with Crippen LogP contribution < -0.4 is 16.1 Å². The highest BCUT2D eigenvalue weighted by molar-refractivity contribution is 5.91. The molecule has 3 amide bonds. The molecule has 3 N–H and O–H groups in total. The van der Waals surface area contributed by atoms with Gasteiger partial charge in [-0.2, -0.15) is 0 Å². The van der Waals surface area contributed by atoms with Gasteiger partial charge in [0.1, 0.15) is 23.7 Å². The number of rotatable bonds is 7. The number of carbonyl (C=O) groups excluding carboxylic acids is 4. The van der Waals surface area contributed by atoms with E-state index in [0.717, 1.165) is 0 Å². The number of nitrogens with zero attached hydrogens (tertiary/aromatic N) is 1. The Morgan fingerprint density at radius 1 is 1.13 bits per heavy atom. The molecule has 1 rings (SSSR count). The first-order chi connectivity index (χ1) is 13.9. The number of esters is 1. The van der Waals surface area contributed by atoms with Crippen molar-refractivity contribution in [2.75, 3.05) is 13.2 Å². The number of alkyl carbamates (subject to hydrolysis) is 1. The lowest BCUT2D eigenvalue weighted by molar-refractivity contribution is -0.152. The first-order valence-electron chi connectivity index (χ1n) is 10.4. The van der Waals surface area contributed by atoms with Crippen LogP contribution in [0, 0.1) is 5.92 Å². The topological polar surface area (TPSA) is 126 Å². The predicted molar refractivity (Wildman–Crippen MR) is 110 cm³/mol. The highest BCUT2D eigenvalue weighted by Crippen LogP contribution is 2.11. The third-order valence-corrected chi connectivity index (χ3v) is 4.37. The minimum Gasteiger partial charge on any atom is -0.465 e. The molecule has 0 aromatic heterocycles. The second-order valence-corrected chi connectivity index (χ2v) is 8.66. The number of hydrogen-bond acceptors (Lipinski definition) is 7. The number of nitrogens with one attached hydrogen (secondary N) is 3. The number of carbonyl (C=O) groups is 4. The Kier molecular flexibility index (Phi) is 9.54. The maximum Gasteiger partial charge on any atom is 0.408 e. The average Bonchev–Trinajstić information content (AvgIpc) is 2.64. The molecule has 0 bridgehead atoms. The summed E-state index contributed by atoms with van der Waals surface area (Å²) in [6.07, 6.45) is 0.501. The van der Waals surface area contributed by atoms with Crippen molar-refractivity contribution in [2.45, 2.75) is 85.0 Å². The summed E-state index contributed by atoms with van der Waals surface area (Å²) in [5.41, 5.74) is 2.18. The fourth-order valence-electron chi connectivity index (χ4n) is 2.93. The fourth-order valence-corrected chi connectivity index (χ4v) is 2.93. The lowest BCUT2D eigenvalue weighted by Gasteiger charge is -2.34. The van der Waals surface area contributed by atoms with Gasteiger partial charge in [0.2, 0.25) is 5.91 Å². The molecule has 0 aliphatic carbocycles. The summed E-state index contributed by atoms with van der Waals surface area (Å²) in [7, 11) is 0. The number of ether oxygens (including phenoxy) is 2. The molecule has 0 aromatic rings. The van der Waals surface area contributed by atoms with E-state index in [1.165, 1.54) is 5.01 Å². The molecule has 3 atom stereocenters. The Morgan fingerprint density at radius 2 is 1.77 bits per heavy atom. The number of amides is 3. The van der Waals surface area contributed by atoms with Gasteiger partial charge in [-0.15, -0.1) is 0 Å². The molecule has 0 radical (unpaired) electrons. The normalized spacial score (nSPS) is 18.9. The van der Waals surface area contributed by atoms with E-state index in [4.69, 9.17) is 9.47 Å². The van der Waals surface area contributed by atoms with Crippen LogP contribution in [-0.2, 0) is 23.9 Å². The van der Waals surface area contributed by atoms with Crippen LogP contribution in [-0.4, -0.2) is 65.8 Å². The Hall–Kier alpha value is -2.36. The summed E-state index contributed by atoms with van der Waals surface area (Å²) in [5, 5.41) is 6.53. The standard InChI is InChI=1S/C20H36N4O6/c1-8-29-18(27)14-10-9-11-24(23-14)17(26)13(4)21-16(25)15(12(2)3)22-19(28)30-20(5,6)7/h12-15,23H,8-11H2,1-7H3,(H,21,25)(H,22,28)/t13-,14-,15-/m0/s1. The molecular formula is C20H36N4O6. The quantitative estimate of drug-likeness (QED) is 0.518. The molecule has 1 saturated heterocycles. The van der Waals surface area contributed by atoms with E-state index >= 15 is 0 Å². The molecule has 0 unspecified atom stereocenters. The lowest BCUT2D eigenvalue weighted by Crippen LogP contribution is -2.61. The SMILES string of the molecule is CCOC(=O)[C@@H]1CCCN(C(=O)[C@H](C)NC(=O)[C@@H](NC(=O)OC(C)(C)C)C(C)C)N1. The zero-order valence-corrected chi connectivity index (χ0v) is 19.0. The van der Waals surface area contributed by atoms with Gasteiger partial charge in [0.25, 0.3) is 5.91 Å². The van der Waals surface area contributed by atoms with Crippen LogP contribution >= 0.6 is 0 Å². The maximum atomic E-state index is 12.7. The molecule has 10 heteroatoms. The Morgan fingerprint density at radius 3 is 2.30 bits per heavy atom. The molecule has 172 valence electrons. The van der Waals surface area contributed by atoms with Crippen LogP contribution in [0.15, 0.2) is 0 Å². The fraction of sp³-hybridized carbons (Fsp3) is 0.800. The average molecular weight is 429 g/mol. The largest absolute Gasteiger partial charge is 0.465 e. The minimum absolute atomic E-state index is 0.221. The first kappa shape index (κ1) is 25.7. The summed E-state index contributed by atoms with van der Waals surface area (Å²) in [6, 6.07) is -2.31. The van der Waals surface area contributed by atoms with Crippen molar-refractivity contribution in [2.24, 2.45) is 5.92 Å². The lowest BCUT2D eigenvalue weighted by atomic mass is 10.0. The van der Waals surface area contributed by atoms with E-state index < -0.39 is 41.7 Å². The van der Waals surface area contributed by atoms with Gasteiger partial charge in [-0.05, 0) is 53.4 Å². The van der Waals surface area contributed by atoms with Crippen LogP contribution in [0.1, 0.15) is 61.3 Å². The molecule has 0 spiro atoms. The molecule has 1 heterocycles. The number of hydrogen-bond donors (Lipinski definition) is 3. The van der Waals surface area contributed by atoms with Crippen molar-refractivity contribution in [3.05, 3.63) is 0 Å². The third-order valence-electron chi connectivity index (χ3n) is 4.37. The van der Waals surface area contributed by atoms with E-state index in [9.17, 15) is 19.2 Å². The van der Waals surface area contributed by atoms with Crippen molar-refractivity contribution >= 4 is 23.9 Å². The first-order valence-corrected chi connectivity index (χ1v) is 10.4. The van der Waals surface area contributed by atoms with E-state index in [-0.39, 0.29) is 18.4 Å². The second kappa shape index (κ2) is 11.1. The second-order valence-electron chi connectivity index (χ2n) is 8.66. The predicted octanol–water partition coefficient (Wildman–Crippen LogP) is 1.10. The molecular weight excluding hydrogens is 392 g/mol. The molecule has 30 heavy (non-hydrogen) atoms. The van der Waals surface area contributed by atoms with Crippen LogP contribution in [0.25, 0.3) is 0 Å². The van der Waals surface area contributed by atoms with Gasteiger partial charge in [0.15, 0.2) is 0 Å². The van der Waals surface area contributed by atoms with Crippen molar-refractivity contribution in [3.63, 3.8) is 0 Å². The summed E-state index contributed by atoms with van der Waals surface area (Å²) < 4.78 is 10.2. The summed E-state index contributed by atoms with van der Waals surface area (Å²) in [5.74, 6) is -1.50. The van der Waals surface area contributed by atoms with Crippen molar-refractivity contribution in [3.8, 4) is 0 Å². The van der Waals surface area contributed by atoms with Gasteiger partial charge in [-0.3, -0.25) is 19.4 Å². The van der Waals surface area contributed by atoms with Gasteiger partial charge in [0.05, 0.1) is 6.61 Å². The molecule has 1 fully saturated rings. The van der Waals surface area contributed by atoms with Crippen LogP contribution in [0.2, 0.25) is 0 Å². The highest BCUT2D eigenvalue weighted by atomic mass is 16.6. The third kappa shape index (κ3) is 8.17. The Bertz CT molecular complexity index is 631. The zero-order chi connectivity index (χ0) is 23.1. The van der Waals surface area contributed by atoms with E-state index in [2.05, 4.69) is 16.1 Å². The monoisotopic (exact) mass is 428 g/mol. The summed E-state index contributed by atoms with van der Waals surface area (Å²) in [6.45, 7) is 12.7. The summed E-state index contributed by atoms with van der Waals surface area (Å²) in [4.78, 5) is 49.4. The van der Waals surface area contributed by atoms with Crippen LogP contribution in [0.5, 0.6) is 0 Å². The van der Waals surface area contributed by atoms with Gasteiger partial charge >= 0.3 is 12.1 Å². The number of hydrazine groups is 1. The summed E-state index contributed by atoms with van der Waals surface area (Å²) >= 11 is 0. The van der Waals surface area contributed by atoms with Crippen molar-refractivity contribution < 1.29 is 28.7 Å². The molecule has 1 aliphatic rings. The van der Waals surface area contributed by atoms with Crippen molar-refractivity contribution in [1.29, 1.82) is 0 Å². The minimum atomic E-state index is -0.864. The smallest absolute Gasteiger partial charge is 0.408 e. The van der Waals surface area contributed by atoms with Gasteiger partial charge in [-0.25, -0.2) is 10.2 Å². The molecule has 0 aromatic carbocycles. The molecule has 1 aliphatic heterocycles. The van der Waals surface area contributed by atoms with Crippen molar-refractivity contribution in [1.82, 2.24) is 21.1 Å².